The van der Waals surface area contributed by atoms with E-state index in [0.29, 0.717) is 12.1 Å². The molecule has 1 saturated heterocycles. The average molecular weight is 374 g/mol. The van der Waals surface area contributed by atoms with Crippen molar-refractivity contribution < 1.29 is 4.79 Å². The lowest BCUT2D eigenvalue weighted by Crippen LogP contribution is -2.38. The number of aromatic nitrogens is 2. The molecule has 28 heavy (non-hydrogen) atoms. The van der Waals surface area contributed by atoms with Gasteiger partial charge in [-0.2, -0.15) is 5.26 Å². The molecule has 1 amide bonds. The number of para-hydroxylation sites is 2. The van der Waals surface area contributed by atoms with Gasteiger partial charge in [-0.05, 0) is 42.8 Å². The molecule has 0 spiro atoms. The van der Waals surface area contributed by atoms with Crippen molar-refractivity contribution in [2.24, 2.45) is 0 Å². The first kappa shape index (κ1) is 17.9. The van der Waals surface area contributed by atoms with Gasteiger partial charge in [0, 0.05) is 31.9 Å². The van der Waals surface area contributed by atoms with Crippen LogP contribution in [0.4, 0.5) is 11.6 Å². The molecular formula is C21H22N6O. The van der Waals surface area contributed by atoms with Gasteiger partial charge in [-0.15, -0.1) is 0 Å². The normalized spacial score (nSPS) is 14.5. The fourth-order valence-corrected chi connectivity index (χ4v) is 3.42. The van der Waals surface area contributed by atoms with E-state index in [-0.39, 0.29) is 12.5 Å². The van der Waals surface area contributed by atoms with Crippen LogP contribution in [-0.4, -0.2) is 53.5 Å². The summed E-state index contributed by atoms with van der Waals surface area (Å²) in [5, 5.41) is 12.0. The quantitative estimate of drug-likeness (QED) is 0.733. The SMILES string of the molecule is N#Cc1ccc(NCC(=O)N2CCCN(c3nc4ccccc4[nH]3)CC2)cc1. The van der Waals surface area contributed by atoms with E-state index in [1.807, 2.05) is 41.3 Å². The van der Waals surface area contributed by atoms with Crippen LogP contribution in [0.2, 0.25) is 0 Å². The van der Waals surface area contributed by atoms with E-state index in [1.165, 1.54) is 0 Å². The summed E-state index contributed by atoms with van der Waals surface area (Å²) in [4.78, 5) is 24.8. The molecule has 4 rings (SSSR count). The van der Waals surface area contributed by atoms with Crippen LogP contribution in [0.25, 0.3) is 11.0 Å². The number of fused-ring (bicyclic) bond motifs is 1. The van der Waals surface area contributed by atoms with Gasteiger partial charge in [-0.3, -0.25) is 4.79 Å². The molecule has 142 valence electrons. The second kappa shape index (κ2) is 8.01. The predicted octanol–water partition coefficient (Wildman–Crippen LogP) is 2.59. The number of carbonyl (C=O) groups excluding carboxylic acids is 1. The number of anilines is 2. The third kappa shape index (κ3) is 3.91. The van der Waals surface area contributed by atoms with E-state index < -0.39 is 0 Å². The molecule has 1 aliphatic rings. The zero-order valence-electron chi connectivity index (χ0n) is 15.6. The molecule has 0 radical (unpaired) electrons. The van der Waals surface area contributed by atoms with Gasteiger partial charge < -0.3 is 20.1 Å². The molecule has 0 atom stereocenters. The Balaban J connectivity index is 1.33. The maximum atomic E-state index is 12.6. The third-order valence-corrected chi connectivity index (χ3v) is 4.98. The fraction of sp³-hybridized carbons (Fsp3) is 0.286. The number of nitrogens with one attached hydrogen (secondary N) is 2. The average Bonchev–Trinajstić information content (AvgIpc) is 3.01. The van der Waals surface area contributed by atoms with E-state index >= 15 is 0 Å². The number of rotatable bonds is 4. The van der Waals surface area contributed by atoms with E-state index in [4.69, 9.17) is 5.26 Å². The van der Waals surface area contributed by atoms with Gasteiger partial charge >= 0.3 is 0 Å². The molecule has 2 heterocycles. The van der Waals surface area contributed by atoms with Gasteiger partial charge in [0.1, 0.15) is 0 Å². The van der Waals surface area contributed by atoms with Crippen molar-refractivity contribution in [2.45, 2.75) is 6.42 Å². The van der Waals surface area contributed by atoms with E-state index in [1.54, 1.807) is 12.1 Å². The summed E-state index contributed by atoms with van der Waals surface area (Å²) >= 11 is 0. The number of nitrogens with zero attached hydrogens (tertiary/aromatic N) is 4. The molecule has 0 aliphatic carbocycles. The van der Waals surface area contributed by atoms with Crippen LogP contribution in [0.3, 0.4) is 0 Å². The second-order valence-corrected chi connectivity index (χ2v) is 6.84. The van der Waals surface area contributed by atoms with Crippen molar-refractivity contribution >= 4 is 28.6 Å². The molecule has 1 aliphatic heterocycles. The summed E-state index contributed by atoms with van der Waals surface area (Å²) in [7, 11) is 0. The van der Waals surface area contributed by atoms with Crippen LogP contribution in [0.15, 0.2) is 48.5 Å². The lowest BCUT2D eigenvalue weighted by molar-refractivity contribution is -0.129. The van der Waals surface area contributed by atoms with Crippen molar-refractivity contribution in [3.05, 3.63) is 54.1 Å². The summed E-state index contributed by atoms with van der Waals surface area (Å²) in [6.45, 7) is 3.28. The molecule has 1 fully saturated rings. The minimum absolute atomic E-state index is 0.0795. The highest BCUT2D eigenvalue weighted by molar-refractivity contribution is 5.81. The standard InChI is InChI=1S/C21H22N6O/c22-14-16-6-8-17(9-7-16)23-15-20(28)26-10-3-11-27(13-12-26)21-24-18-4-1-2-5-19(18)25-21/h1-2,4-9,23H,3,10-13,15H2,(H,24,25). The van der Waals surface area contributed by atoms with E-state index in [2.05, 4.69) is 26.3 Å². The Morgan fingerprint density at radius 2 is 1.93 bits per heavy atom. The minimum atomic E-state index is 0.0795. The molecule has 1 aromatic heterocycles. The monoisotopic (exact) mass is 374 g/mol. The molecule has 0 bridgehead atoms. The summed E-state index contributed by atoms with van der Waals surface area (Å²) < 4.78 is 0. The smallest absolute Gasteiger partial charge is 0.241 e. The largest absolute Gasteiger partial charge is 0.376 e. The van der Waals surface area contributed by atoms with Gasteiger partial charge in [-0.1, -0.05) is 12.1 Å². The maximum absolute atomic E-state index is 12.6. The van der Waals surface area contributed by atoms with Crippen LogP contribution in [0.1, 0.15) is 12.0 Å². The summed E-state index contributed by atoms with van der Waals surface area (Å²) in [5.74, 6) is 0.946. The molecule has 7 nitrogen and oxygen atoms in total. The summed E-state index contributed by atoms with van der Waals surface area (Å²) in [5.41, 5.74) is 3.43. The highest BCUT2D eigenvalue weighted by Gasteiger charge is 2.20. The zero-order valence-corrected chi connectivity index (χ0v) is 15.6. The maximum Gasteiger partial charge on any atom is 0.241 e. The fourth-order valence-electron chi connectivity index (χ4n) is 3.42. The van der Waals surface area contributed by atoms with Gasteiger partial charge in [0.25, 0.3) is 0 Å². The first-order chi connectivity index (χ1) is 13.7. The number of nitriles is 1. The highest BCUT2D eigenvalue weighted by Crippen LogP contribution is 2.18. The number of hydrogen-bond donors (Lipinski definition) is 2. The van der Waals surface area contributed by atoms with Crippen LogP contribution < -0.4 is 10.2 Å². The number of aromatic amines is 1. The lowest BCUT2D eigenvalue weighted by atomic mass is 10.2. The van der Waals surface area contributed by atoms with Gasteiger partial charge in [0.05, 0.1) is 29.2 Å². The summed E-state index contributed by atoms with van der Waals surface area (Å²) in [6, 6.07) is 17.2. The van der Waals surface area contributed by atoms with Crippen molar-refractivity contribution in [1.82, 2.24) is 14.9 Å². The number of amides is 1. The first-order valence-electron chi connectivity index (χ1n) is 9.44. The molecule has 0 unspecified atom stereocenters. The topological polar surface area (TPSA) is 88.1 Å². The van der Waals surface area contributed by atoms with Crippen LogP contribution in [0, 0.1) is 11.3 Å². The minimum Gasteiger partial charge on any atom is -0.376 e. The van der Waals surface area contributed by atoms with Gasteiger partial charge in [-0.25, -0.2) is 4.98 Å². The Bertz CT molecular complexity index is 971. The van der Waals surface area contributed by atoms with Crippen molar-refractivity contribution in [2.75, 3.05) is 42.9 Å². The van der Waals surface area contributed by atoms with E-state index in [9.17, 15) is 4.79 Å². The molecule has 0 saturated carbocycles. The molecular weight excluding hydrogens is 352 g/mol. The Morgan fingerprint density at radius 1 is 1.11 bits per heavy atom. The number of hydrogen-bond acceptors (Lipinski definition) is 5. The first-order valence-corrected chi connectivity index (χ1v) is 9.44. The Morgan fingerprint density at radius 3 is 2.71 bits per heavy atom. The number of benzene rings is 2. The van der Waals surface area contributed by atoms with Crippen molar-refractivity contribution in [1.29, 1.82) is 5.26 Å². The summed E-state index contributed by atoms with van der Waals surface area (Å²) in [6.07, 6.45) is 0.902. The van der Waals surface area contributed by atoms with Gasteiger partial charge in [0.2, 0.25) is 11.9 Å². The highest BCUT2D eigenvalue weighted by atomic mass is 16.2. The molecule has 7 heteroatoms. The Labute approximate surface area is 163 Å². The Kier molecular flexibility index (Phi) is 5.11. The van der Waals surface area contributed by atoms with E-state index in [0.717, 1.165) is 48.7 Å². The predicted molar refractivity (Wildman–Crippen MR) is 109 cm³/mol. The zero-order chi connectivity index (χ0) is 19.3. The number of H-pyrrole nitrogens is 1. The molecule has 2 N–H and O–H groups in total. The van der Waals surface area contributed by atoms with Crippen LogP contribution in [-0.2, 0) is 4.79 Å². The van der Waals surface area contributed by atoms with Crippen LogP contribution in [0.5, 0.6) is 0 Å². The lowest BCUT2D eigenvalue weighted by Gasteiger charge is -2.22. The van der Waals surface area contributed by atoms with Gasteiger partial charge in [0.15, 0.2) is 0 Å². The Hall–Kier alpha value is -3.53. The third-order valence-electron chi connectivity index (χ3n) is 4.98. The number of carbonyl (C=O) groups is 1. The van der Waals surface area contributed by atoms with Crippen molar-refractivity contribution in [3.8, 4) is 6.07 Å². The second-order valence-electron chi connectivity index (χ2n) is 6.84. The number of imidazole rings is 1. The van der Waals surface area contributed by atoms with Crippen LogP contribution >= 0.6 is 0 Å². The molecule has 3 aromatic rings. The van der Waals surface area contributed by atoms with Crippen molar-refractivity contribution in [3.63, 3.8) is 0 Å². The molecule has 2 aromatic carbocycles.